The van der Waals surface area contributed by atoms with Crippen molar-refractivity contribution in [3.63, 3.8) is 0 Å². The fraction of sp³-hybridized carbons (Fsp3) is 0.273. The minimum Gasteiger partial charge on any atom is -0.324 e. The molecule has 3 heterocycles. The molecule has 1 saturated carbocycles. The Morgan fingerprint density at radius 2 is 1.90 bits per heavy atom. The van der Waals surface area contributed by atoms with Crippen LogP contribution in [0.15, 0.2) is 47.4 Å². The number of fused-ring (bicyclic) bond motifs is 1. The zero-order valence-electron chi connectivity index (χ0n) is 16.5. The molecule has 0 amide bonds. The first-order valence-corrected chi connectivity index (χ1v) is 10.1. The molecule has 3 aromatic heterocycles. The van der Waals surface area contributed by atoms with Crippen molar-refractivity contribution < 1.29 is 4.39 Å². The van der Waals surface area contributed by atoms with Crippen LogP contribution < -0.4 is 10.9 Å². The van der Waals surface area contributed by atoms with Crippen LogP contribution in [0, 0.1) is 12.7 Å². The zero-order chi connectivity index (χ0) is 20.7. The molecule has 0 spiro atoms. The van der Waals surface area contributed by atoms with Crippen LogP contribution in [0.4, 0.5) is 16.0 Å². The van der Waals surface area contributed by atoms with Crippen molar-refractivity contribution in [1.82, 2.24) is 24.7 Å². The molecule has 0 aliphatic heterocycles. The van der Waals surface area contributed by atoms with E-state index in [0.717, 1.165) is 36.8 Å². The van der Waals surface area contributed by atoms with Crippen LogP contribution in [0.5, 0.6) is 0 Å². The van der Waals surface area contributed by atoms with Gasteiger partial charge in [0.25, 0.3) is 5.56 Å². The second-order valence-electron chi connectivity index (χ2n) is 7.63. The summed E-state index contributed by atoms with van der Waals surface area (Å²) in [6.45, 7) is 1.90. The second kappa shape index (κ2) is 7.37. The van der Waals surface area contributed by atoms with Crippen LogP contribution >= 0.6 is 0 Å². The lowest BCUT2D eigenvalue weighted by Gasteiger charge is -2.19. The summed E-state index contributed by atoms with van der Waals surface area (Å²) in [5.41, 5.74) is 3.12. The van der Waals surface area contributed by atoms with Crippen molar-refractivity contribution in [2.24, 2.45) is 0 Å². The maximum absolute atomic E-state index is 13.5. The van der Waals surface area contributed by atoms with Crippen LogP contribution in [0.2, 0.25) is 0 Å². The standard InChI is InChI=1S/C22H21FN6O/c1-13-17-12-18(19-10-11-24-28-19)21(30)29(16-4-2-3-5-16)20(17)27-22(25-13)26-15-8-6-14(23)7-9-15/h6-12,16H,2-5H2,1H3,(H,24,28)(H,25,26,27). The van der Waals surface area contributed by atoms with Gasteiger partial charge < -0.3 is 5.32 Å². The Balaban J connectivity index is 1.70. The van der Waals surface area contributed by atoms with Crippen molar-refractivity contribution in [3.05, 3.63) is 64.5 Å². The van der Waals surface area contributed by atoms with Crippen molar-refractivity contribution in [1.29, 1.82) is 0 Å². The van der Waals surface area contributed by atoms with Gasteiger partial charge in [-0.15, -0.1) is 0 Å². The van der Waals surface area contributed by atoms with Crippen molar-refractivity contribution in [3.8, 4) is 11.3 Å². The SMILES string of the molecule is Cc1nc(Nc2ccc(F)cc2)nc2c1cc(-c1cc[nH]n1)c(=O)n2C1CCCC1. The van der Waals surface area contributed by atoms with Gasteiger partial charge in [-0.1, -0.05) is 12.8 Å². The topological polar surface area (TPSA) is 88.5 Å². The Labute approximate surface area is 172 Å². The third-order valence-corrected chi connectivity index (χ3v) is 5.65. The Morgan fingerprint density at radius 3 is 2.60 bits per heavy atom. The van der Waals surface area contributed by atoms with Gasteiger partial charge in [-0.05, 0) is 56.2 Å². The number of hydrogen-bond donors (Lipinski definition) is 2. The van der Waals surface area contributed by atoms with Gasteiger partial charge in [-0.3, -0.25) is 14.5 Å². The minimum absolute atomic E-state index is 0.0904. The maximum Gasteiger partial charge on any atom is 0.262 e. The molecule has 1 aromatic carbocycles. The van der Waals surface area contributed by atoms with Gasteiger partial charge >= 0.3 is 0 Å². The van der Waals surface area contributed by atoms with Crippen LogP contribution in [-0.4, -0.2) is 24.7 Å². The first-order chi connectivity index (χ1) is 14.6. The molecule has 8 heteroatoms. The summed E-state index contributed by atoms with van der Waals surface area (Å²) in [4.78, 5) is 22.8. The molecule has 4 aromatic rings. The highest BCUT2D eigenvalue weighted by atomic mass is 19.1. The maximum atomic E-state index is 13.5. The third-order valence-electron chi connectivity index (χ3n) is 5.65. The molecule has 7 nitrogen and oxygen atoms in total. The predicted octanol–water partition coefficient (Wildman–Crippen LogP) is 4.49. The minimum atomic E-state index is -0.308. The molecule has 1 aliphatic carbocycles. The number of anilines is 2. The molecule has 0 unspecified atom stereocenters. The Kier molecular flexibility index (Phi) is 4.54. The van der Waals surface area contributed by atoms with E-state index < -0.39 is 0 Å². The summed E-state index contributed by atoms with van der Waals surface area (Å²) in [5.74, 6) is 0.0717. The molecule has 5 rings (SSSR count). The summed E-state index contributed by atoms with van der Waals surface area (Å²) in [6.07, 6.45) is 5.79. The fourth-order valence-electron chi connectivity index (χ4n) is 4.16. The molecule has 1 aliphatic rings. The number of nitrogens with one attached hydrogen (secondary N) is 2. The molecule has 152 valence electrons. The summed E-state index contributed by atoms with van der Waals surface area (Å²) in [6, 6.07) is 9.73. The first kappa shape index (κ1) is 18.5. The van der Waals surface area contributed by atoms with Crippen molar-refractivity contribution >= 4 is 22.7 Å². The summed E-state index contributed by atoms with van der Waals surface area (Å²) in [7, 11) is 0. The normalized spacial score (nSPS) is 14.5. The molecule has 0 bridgehead atoms. The monoisotopic (exact) mass is 404 g/mol. The average molecular weight is 404 g/mol. The Bertz CT molecular complexity index is 1260. The number of nitrogens with zero attached hydrogens (tertiary/aromatic N) is 4. The van der Waals surface area contributed by atoms with E-state index in [1.165, 1.54) is 12.1 Å². The van der Waals surface area contributed by atoms with Gasteiger partial charge in [-0.25, -0.2) is 9.37 Å². The zero-order valence-corrected chi connectivity index (χ0v) is 16.5. The van der Waals surface area contributed by atoms with Crippen molar-refractivity contribution in [2.45, 2.75) is 38.6 Å². The van der Waals surface area contributed by atoms with E-state index in [2.05, 4.69) is 20.5 Å². The quantitative estimate of drug-likeness (QED) is 0.523. The molecule has 30 heavy (non-hydrogen) atoms. The smallest absolute Gasteiger partial charge is 0.262 e. The lowest BCUT2D eigenvalue weighted by atomic mass is 10.1. The van der Waals surface area contributed by atoms with Crippen LogP contribution in [0.3, 0.4) is 0 Å². The number of halogens is 1. The number of pyridine rings is 1. The molecule has 1 fully saturated rings. The average Bonchev–Trinajstić information content (AvgIpc) is 3.44. The molecule has 0 radical (unpaired) electrons. The lowest BCUT2D eigenvalue weighted by molar-refractivity contribution is 0.516. The highest BCUT2D eigenvalue weighted by Crippen LogP contribution is 2.32. The highest BCUT2D eigenvalue weighted by molar-refractivity contribution is 5.84. The number of rotatable bonds is 4. The highest BCUT2D eigenvalue weighted by Gasteiger charge is 2.24. The van der Waals surface area contributed by atoms with Gasteiger partial charge in [0.1, 0.15) is 11.5 Å². The number of aromatic nitrogens is 5. The van der Waals surface area contributed by atoms with Crippen LogP contribution in [0.25, 0.3) is 22.3 Å². The molecule has 0 atom stereocenters. The van der Waals surface area contributed by atoms with Gasteiger partial charge in [0, 0.05) is 23.3 Å². The van der Waals surface area contributed by atoms with E-state index in [4.69, 9.17) is 4.98 Å². The number of benzene rings is 1. The van der Waals surface area contributed by atoms with Gasteiger partial charge in [-0.2, -0.15) is 10.1 Å². The van der Waals surface area contributed by atoms with E-state index >= 15 is 0 Å². The van der Waals surface area contributed by atoms with Gasteiger partial charge in [0.2, 0.25) is 5.95 Å². The van der Waals surface area contributed by atoms with E-state index in [-0.39, 0.29) is 17.4 Å². The van der Waals surface area contributed by atoms with Gasteiger partial charge in [0.05, 0.1) is 17.0 Å². The number of hydrogen-bond acceptors (Lipinski definition) is 5. The first-order valence-electron chi connectivity index (χ1n) is 10.1. The molecular weight excluding hydrogens is 383 g/mol. The van der Waals surface area contributed by atoms with E-state index in [0.29, 0.717) is 28.5 Å². The molecular formula is C22H21FN6O. The predicted molar refractivity (Wildman–Crippen MR) is 113 cm³/mol. The summed E-state index contributed by atoms with van der Waals surface area (Å²) in [5, 5.41) is 10.9. The second-order valence-corrected chi connectivity index (χ2v) is 7.63. The summed E-state index contributed by atoms with van der Waals surface area (Å²) >= 11 is 0. The number of aryl methyl sites for hydroxylation is 1. The Morgan fingerprint density at radius 1 is 1.13 bits per heavy atom. The van der Waals surface area contributed by atoms with E-state index in [1.807, 2.05) is 17.6 Å². The number of aromatic amines is 1. The van der Waals surface area contributed by atoms with Crippen LogP contribution in [0.1, 0.15) is 37.4 Å². The third kappa shape index (κ3) is 3.24. The summed E-state index contributed by atoms with van der Waals surface area (Å²) < 4.78 is 15.0. The number of H-pyrrole nitrogens is 1. The lowest BCUT2D eigenvalue weighted by Crippen LogP contribution is -2.26. The van der Waals surface area contributed by atoms with E-state index in [9.17, 15) is 9.18 Å². The van der Waals surface area contributed by atoms with Gasteiger partial charge in [0.15, 0.2) is 0 Å². The fourth-order valence-corrected chi connectivity index (χ4v) is 4.16. The van der Waals surface area contributed by atoms with E-state index in [1.54, 1.807) is 24.4 Å². The Hall–Kier alpha value is -3.55. The largest absolute Gasteiger partial charge is 0.324 e. The van der Waals surface area contributed by atoms with Crippen molar-refractivity contribution in [2.75, 3.05) is 5.32 Å². The molecule has 2 N–H and O–H groups in total. The molecule has 0 saturated heterocycles. The van der Waals surface area contributed by atoms with Crippen LogP contribution in [-0.2, 0) is 0 Å².